The first-order valence-electron chi connectivity index (χ1n) is 7.64. The van der Waals surface area contributed by atoms with Gasteiger partial charge in [-0.2, -0.15) is 5.10 Å². The number of hydrogen-bond acceptors (Lipinski definition) is 6. The van der Waals surface area contributed by atoms with E-state index in [1.807, 2.05) is 20.2 Å². The van der Waals surface area contributed by atoms with Gasteiger partial charge in [0.05, 0.1) is 28.3 Å². The molecule has 3 aromatic rings. The molecule has 0 aliphatic carbocycles. The number of nitrogens with zero attached hydrogens (tertiary/aromatic N) is 5. The van der Waals surface area contributed by atoms with Crippen LogP contribution in [0.3, 0.4) is 0 Å². The third-order valence-corrected chi connectivity index (χ3v) is 4.49. The Morgan fingerprint density at radius 1 is 1.22 bits per heavy atom. The van der Waals surface area contributed by atoms with Crippen molar-refractivity contribution in [1.82, 2.24) is 24.7 Å². The lowest BCUT2D eigenvalue weighted by Crippen LogP contribution is -2.18. The van der Waals surface area contributed by atoms with Crippen molar-refractivity contribution in [3.63, 3.8) is 0 Å². The highest BCUT2D eigenvalue weighted by molar-refractivity contribution is 7.09. The van der Waals surface area contributed by atoms with Gasteiger partial charge in [0, 0.05) is 17.8 Å². The Morgan fingerprint density at radius 3 is 2.57 bits per heavy atom. The monoisotopic (exact) mass is 330 g/mol. The van der Waals surface area contributed by atoms with E-state index in [0.717, 1.165) is 33.4 Å². The molecule has 0 aliphatic rings. The normalized spacial score (nSPS) is 13.5. The fraction of sp³-hybridized carbons (Fsp3) is 0.500. The number of nitrogens with one attached hydrogen (secondary N) is 1. The van der Waals surface area contributed by atoms with Crippen LogP contribution in [0.25, 0.3) is 11.0 Å². The van der Waals surface area contributed by atoms with E-state index >= 15 is 0 Å². The van der Waals surface area contributed by atoms with E-state index < -0.39 is 0 Å². The average molecular weight is 330 g/mol. The summed E-state index contributed by atoms with van der Waals surface area (Å²) >= 11 is 1.66. The molecule has 0 aromatic carbocycles. The molecule has 0 spiro atoms. The minimum absolute atomic E-state index is 0.0751. The van der Waals surface area contributed by atoms with Gasteiger partial charge in [0.2, 0.25) is 0 Å². The third kappa shape index (κ3) is 3.06. The van der Waals surface area contributed by atoms with Gasteiger partial charge in [-0.05, 0) is 13.8 Å². The van der Waals surface area contributed by atoms with E-state index in [1.165, 1.54) is 0 Å². The Bertz CT molecular complexity index is 842. The van der Waals surface area contributed by atoms with Gasteiger partial charge >= 0.3 is 0 Å². The maximum atomic E-state index is 4.76. The molecule has 6 nitrogen and oxygen atoms in total. The van der Waals surface area contributed by atoms with Crippen molar-refractivity contribution >= 4 is 28.2 Å². The van der Waals surface area contributed by atoms with Crippen LogP contribution in [-0.2, 0) is 12.5 Å². The maximum absolute atomic E-state index is 4.76. The van der Waals surface area contributed by atoms with E-state index in [1.54, 1.807) is 16.0 Å². The number of thiazole rings is 1. The van der Waals surface area contributed by atoms with Crippen molar-refractivity contribution in [3.8, 4) is 0 Å². The number of aryl methyl sites for hydroxylation is 2. The number of rotatable bonds is 3. The summed E-state index contributed by atoms with van der Waals surface area (Å²) < 4.78 is 1.79. The van der Waals surface area contributed by atoms with Crippen LogP contribution in [-0.4, -0.2) is 24.7 Å². The minimum Gasteiger partial charge on any atom is -0.361 e. The van der Waals surface area contributed by atoms with Crippen molar-refractivity contribution in [2.75, 3.05) is 5.32 Å². The maximum Gasteiger partial charge on any atom is 0.163 e. The Labute approximate surface area is 140 Å². The van der Waals surface area contributed by atoms with Gasteiger partial charge in [-0.3, -0.25) is 4.68 Å². The molecular formula is C16H22N6S. The summed E-state index contributed by atoms with van der Waals surface area (Å²) in [5.74, 6) is 1.61. The van der Waals surface area contributed by atoms with E-state index in [-0.39, 0.29) is 11.5 Å². The highest BCUT2D eigenvalue weighted by Crippen LogP contribution is 2.28. The summed E-state index contributed by atoms with van der Waals surface area (Å²) in [4.78, 5) is 14.0. The summed E-state index contributed by atoms with van der Waals surface area (Å²) in [6, 6.07) is 0.0751. The fourth-order valence-corrected chi connectivity index (χ4v) is 3.03. The van der Waals surface area contributed by atoms with Crippen LogP contribution in [0.4, 0.5) is 5.82 Å². The highest BCUT2D eigenvalue weighted by atomic mass is 32.1. The zero-order valence-corrected chi connectivity index (χ0v) is 15.2. The van der Waals surface area contributed by atoms with Crippen LogP contribution in [0.1, 0.15) is 50.3 Å². The smallest absolute Gasteiger partial charge is 0.163 e. The van der Waals surface area contributed by atoms with Gasteiger partial charge in [0.25, 0.3) is 0 Å². The predicted molar refractivity (Wildman–Crippen MR) is 93.9 cm³/mol. The summed E-state index contributed by atoms with van der Waals surface area (Å²) in [5.41, 5.74) is 1.74. The van der Waals surface area contributed by atoms with Crippen LogP contribution in [0, 0.1) is 6.92 Å². The van der Waals surface area contributed by atoms with Gasteiger partial charge in [0.15, 0.2) is 5.65 Å². The molecule has 3 heterocycles. The van der Waals surface area contributed by atoms with Gasteiger partial charge in [-0.1, -0.05) is 20.8 Å². The first-order chi connectivity index (χ1) is 10.8. The molecule has 3 rings (SSSR count). The number of aromatic nitrogens is 5. The second-order valence-electron chi connectivity index (χ2n) is 6.81. The summed E-state index contributed by atoms with van der Waals surface area (Å²) in [6.45, 7) is 10.4. The molecule has 23 heavy (non-hydrogen) atoms. The number of fused-ring (bicyclic) bond motifs is 1. The largest absolute Gasteiger partial charge is 0.361 e. The Kier molecular flexibility index (Phi) is 3.83. The second-order valence-corrected chi connectivity index (χ2v) is 7.87. The molecule has 0 amide bonds. The van der Waals surface area contributed by atoms with E-state index in [4.69, 9.17) is 4.98 Å². The summed E-state index contributed by atoms with van der Waals surface area (Å²) in [7, 11) is 1.90. The van der Waals surface area contributed by atoms with Gasteiger partial charge in [0.1, 0.15) is 11.6 Å². The van der Waals surface area contributed by atoms with E-state index in [9.17, 15) is 0 Å². The zero-order valence-electron chi connectivity index (χ0n) is 14.4. The molecule has 1 N–H and O–H groups in total. The lowest BCUT2D eigenvalue weighted by atomic mass is 9.95. The summed E-state index contributed by atoms with van der Waals surface area (Å²) in [6.07, 6.45) is 1.81. The van der Waals surface area contributed by atoms with Crippen molar-refractivity contribution in [1.29, 1.82) is 0 Å². The average Bonchev–Trinajstić information content (AvgIpc) is 3.05. The highest BCUT2D eigenvalue weighted by Gasteiger charge is 2.22. The lowest BCUT2D eigenvalue weighted by Gasteiger charge is -2.19. The van der Waals surface area contributed by atoms with Gasteiger partial charge < -0.3 is 5.32 Å². The minimum atomic E-state index is -0.130. The zero-order chi connectivity index (χ0) is 16.8. The first kappa shape index (κ1) is 15.9. The molecule has 0 radical (unpaired) electrons. The number of hydrogen-bond donors (Lipinski definition) is 1. The topological polar surface area (TPSA) is 68.5 Å². The molecule has 0 saturated carbocycles. The molecule has 0 aliphatic heterocycles. The standard InChI is InChI=1S/C16H22N6S/c1-9(12-8-23-10(2)19-12)18-13-11-7-17-22(6)14(11)21-15(20-13)16(3,4)5/h7-9H,1-6H3,(H,18,20,21)/t9-/m1/s1. The molecule has 122 valence electrons. The SMILES string of the molecule is Cc1nc([C@@H](C)Nc2nc(C(C)(C)C)nc3c2cnn3C)cs1. The molecule has 0 fully saturated rings. The van der Waals surface area contributed by atoms with Crippen LogP contribution in [0.15, 0.2) is 11.6 Å². The van der Waals surface area contributed by atoms with E-state index in [0.29, 0.717) is 0 Å². The van der Waals surface area contributed by atoms with Crippen molar-refractivity contribution in [2.45, 2.75) is 46.1 Å². The molecule has 0 saturated heterocycles. The van der Waals surface area contributed by atoms with Crippen LogP contribution < -0.4 is 5.32 Å². The molecule has 3 aromatic heterocycles. The predicted octanol–water partition coefficient (Wildman–Crippen LogP) is 3.60. The number of anilines is 1. The molecule has 1 atom stereocenters. The molecular weight excluding hydrogens is 308 g/mol. The van der Waals surface area contributed by atoms with Crippen LogP contribution in [0.5, 0.6) is 0 Å². The third-order valence-electron chi connectivity index (χ3n) is 3.70. The Balaban J connectivity index is 2.05. The fourth-order valence-electron chi connectivity index (χ4n) is 2.33. The van der Waals surface area contributed by atoms with Crippen LogP contribution in [0.2, 0.25) is 0 Å². The van der Waals surface area contributed by atoms with Crippen molar-refractivity contribution in [2.24, 2.45) is 7.05 Å². The molecule has 0 unspecified atom stereocenters. The van der Waals surface area contributed by atoms with Crippen molar-refractivity contribution < 1.29 is 0 Å². The molecule has 7 heteroatoms. The van der Waals surface area contributed by atoms with Gasteiger partial charge in [-0.15, -0.1) is 11.3 Å². The second kappa shape index (κ2) is 5.56. The van der Waals surface area contributed by atoms with Crippen LogP contribution >= 0.6 is 11.3 Å². The Hall–Kier alpha value is -2.02. The van der Waals surface area contributed by atoms with Gasteiger partial charge in [-0.25, -0.2) is 15.0 Å². The van der Waals surface area contributed by atoms with Crippen molar-refractivity contribution in [3.05, 3.63) is 28.1 Å². The quantitative estimate of drug-likeness (QED) is 0.794. The first-order valence-corrected chi connectivity index (χ1v) is 8.52. The molecule has 0 bridgehead atoms. The Morgan fingerprint density at radius 2 is 1.96 bits per heavy atom. The summed E-state index contributed by atoms with van der Waals surface area (Å²) in [5, 5.41) is 11.9. The van der Waals surface area contributed by atoms with E-state index in [2.05, 4.69) is 53.5 Å². The lowest BCUT2D eigenvalue weighted by molar-refractivity contribution is 0.546.